The van der Waals surface area contributed by atoms with E-state index in [0.29, 0.717) is 0 Å². The molecule has 4 aliphatic carbocycles. The lowest BCUT2D eigenvalue weighted by atomic mass is 9.68. The average Bonchev–Trinajstić information content (AvgIpc) is 3.85. The van der Waals surface area contributed by atoms with Crippen molar-refractivity contribution in [2.24, 2.45) is 0 Å². The second-order valence-corrected chi connectivity index (χ2v) is 16.4. The molecule has 1 unspecified atom stereocenters. The van der Waals surface area contributed by atoms with E-state index in [0.717, 1.165) is 43.4 Å². The first-order valence-electron chi connectivity index (χ1n) is 21.2. The molecule has 0 fully saturated rings. The first kappa shape index (κ1) is 34.2. The van der Waals surface area contributed by atoms with Gasteiger partial charge in [-0.3, -0.25) is 0 Å². The van der Waals surface area contributed by atoms with Gasteiger partial charge in [0.1, 0.15) is 11.3 Å². The zero-order chi connectivity index (χ0) is 38.9. The second-order valence-electron chi connectivity index (χ2n) is 16.4. The van der Waals surface area contributed by atoms with E-state index >= 15 is 0 Å². The molecule has 59 heavy (non-hydrogen) atoms. The minimum absolute atomic E-state index is 0.0714. The third-order valence-electron chi connectivity index (χ3n) is 13.4. The highest BCUT2D eigenvalue weighted by Gasteiger charge is 2.47. The van der Waals surface area contributed by atoms with Crippen molar-refractivity contribution < 1.29 is 4.42 Å². The van der Waals surface area contributed by atoms with Gasteiger partial charge >= 0.3 is 0 Å². The number of anilines is 2. The second kappa shape index (κ2) is 13.6. The van der Waals surface area contributed by atoms with E-state index in [1.165, 1.54) is 88.9 Å². The van der Waals surface area contributed by atoms with Gasteiger partial charge in [0.05, 0.1) is 16.8 Å². The van der Waals surface area contributed by atoms with E-state index in [-0.39, 0.29) is 5.92 Å². The first-order chi connectivity index (χ1) is 29.3. The average molecular weight is 758 g/mol. The van der Waals surface area contributed by atoms with Crippen LogP contribution in [-0.4, -0.2) is 0 Å². The highest BCUT2D eigenvalue weighted by Crippen LogP contribution is 2.60. The minimum Gasteiger partial charge on any atom is -0.459 e. The minimum atomic E-state index is -0.490. The van der Waals surface area contributed by atoms with Crippen molar-refractivity contribution in [1.82, 2.24) is 0 Å². The van der Waals surface area contributed by atoms with Gasteiger partial charge in [-0.25, -0.2) is 0 Å². The molecule has 1 heterocycles. The van der Waals surface area contributed by atoms with Crippen LogP contribution < -0.4 is 4.90 Å². The number of benzene rings is 7. The number of furan rings is 1. The Kier molecular flexibility index (Phi) is 7.88. The molecule has 8 aromatic rings. The topological polar surface area (TPSA) is 16.4 Å². The van der Waals surface area contributed by atoms with Crippen LogP contribution in [0.3, 0.4) is 0 Å². The molecule has 0 aliphatic heterocycles. The molecule has 1 atom stereocenters. The quantitative estimate of drug-likeness (QED) is 0.168. The van der Waals surface area contributed by atoms with Gasteiger partial charge in [0.25, 0.3) is 0 Å². The normalized spacial score (nSPS) is 17.2. The summed E-state index contributed by atoms with van der Waals surface area (Å²) in [6, 6.07) is 58.6. The fourth-order valence-electron chi connectivity index (χ4n) is 10.9. The van der Waals surface area contributed by atoms with Crippen molar-refractivity contribution >= 4 is 45.3 Å². The predicted molar refractivity (Wildman–Crippen MR) is 245 cm³/mol. The summed E-state index contributed by atoms with van der Waals surface area (Å²) in [7, 11) is 0. The molecule has 1 aromatic heterocycles. The Morgan fingerprint density at radius 2 is 1.22 bits per heavy atom. The maximum absolute atomic E-state index is 7.10. The van der Waals surface area contributed by atoms with Crippen molar-refractivity contribution in [3.05, 3.63) is 238 Å². The van der Waals surface area contributed by atoms with E-state index in [4.69, 9.17) is 4.42 Å². The van der Waals surface area contributed by atoms with E-state index < -0.39 is 5.41 Å². The standard InChI is InChI=1S/C57H43NO/c1-3-21-40(22-4-1)57(41-23-5-2-6-24-41)49-31-13-11-28-48(49)54-50(57)32-17-35-53(54)58(51-34-15-20-38-18-7-9-25-42(38)51)52-33-14-12-27-44(52)45-29-16-30-46-47-37-36-39-19-8-10-26-43(39)55(47)59-56(45)46/h1-6,8-13,15-17,19-28,30-32,34-37,45H,7,14,18,29,33H2. The SMILES string of the molecule is C1=CC(C2CC=Cc3c2oc2c3ccc3ccccc32)=C(N(c2cccc3c2C=CCC3)c2cccc3c2-c2ccccc2C3(c2ccccc2)c2ccccc2)CC1. The van der Waals surface area contributed by atoms with Crippen LogP contribution in [0.2, 0.25) is 0 Å². The monoisotopic (exact) mass is 757 g/mol. The lowest BCUT2D eigenvalue weighted by Crippen LogP contribution is -2.29. The van der Waals surface area contributed by atoms with Crippen molar-refractivity contribution in [3.8, 4) is 11.1 Å². The van der Waals surface area contributed by atoms with Crippen molar-refractivity contribution in [3.63, 3.8) is 0 Å². The summed E-state index contributed by atoms with van der Waals surface area (Å²) in [5.41, 5.74) is 17.4. The van der Waals surface area contributed by atoms with Gasteiger partial charge < -0.3 is 9.32 Å². The number of aryl methyl sites for hydroxylation is 1. The van der Waals surface area contributed by atoms with E-state index in [1.54, 1.807) is 0 Å². The maximum Gasteiger partial charge on any atom is 0.142 e. The Morgan fingerprint density at radius 1 is 0.525 bits per heavy atom. The first-order valence-corrected chi connectivity index (χ1v) is 21.2. The highest BCUT2D eigenvalue weighted by molar-refractivity contribution is 6.07. The third kappa shape index (κ3) is 5.06. The molecule has 0 amide bonds. The van der Waals surface area contributed by atoms with Crippen LogP contribution in [0, 0.1) is 0 Å². The van der Waals surface area contributed by atoms with Gasteiger partial charge in [-0.15, -0.1) is 0 Å². The van der Waals surface area contributed by atoms with Crippen LogP contribution >= 0.6 is 0 Å². The van der Waals surface area contributed by atoms with Crippen molar-refractivity contribution in [2.75, 3.05) is 4.90 Å². The number of nitrogens with zero attached hydrogens (tertiary/aromatic N) is 1. The maximum atomic E-state index is 7.10. The summed E-state index contributed by atoms with van der Waals surface area (Å²) in [6.07, 6.45) is 19.1. The molecule has 0 bridgehead atoms. The fourth-order valence-corrected chi connectivity index (χ4v) is 10.9. The Labute approximate surface area is 345 Å². The molecule has 4 aliphatic rings. The van der Waals surface area contributed by atoms with Crippen LogP contribution in [0.25, 0.3) is 45.0 Å². The lowest BCUT2D eigenvalue weighted by Gasteiger charge is -2.37. The van der Waals surface area contributed by atoms with Crippen LogP contribution in [0.5, 0.6) is 0 Å². The lowest BCUT2D eigenvalue weighted by molar-refractivity contribution is 0.515. The third-order valence-corrected chi connectivity index (χ3v) is 13.4. The number of hydrogen-bond acceptors (Lipinski definition) is 2. The summed E-state index contributed by atoms with van der Waals surface area (Å²) in [5, 5.41) is 3.57. The number of rotatable bonds is 6. The molecule has 0 saturated heterocycles. The summed E-state index contributed by atoms with van der Waals surface area (Å²) >= 11 is 0. The van der Waals surface area contributed by atoms with Crippen molar-refractivity contribution in [1.29, 1.82) is 0 Å². The van der Waals surface area contributed by atoms with E-state index in [9.17, 15) is 0 Å². The van der Waals surface area contributed by atoms with E-state index in [1.807, 2.05) is 0 Å². The molecule has 12 rings (SSSR count). The molecule has 2 nitrogen and oxygen atoms in total. The molecule has 0 spiro atoms. The molecule has 0 N–H and O–H groups in total. The summed E-state index contributed by atoms with van der Waals surface area (Å²) < 4.78 is 7.10. The molecular weight excluding hydrogens is 715 g/mol. The zero-order valence-corrected chi connectivity index (χ0v) is 32.9. The number of allylic oxidation sites excluding steroid dienone is 6. The van der Waals surface area contributed by atoms with Gasteiger partial charge in [-0.1, -0.05) is 176 Å². The molecule has 0 saturated carbocycles. The molecule has 0 radical (unpaired) electrons. The zero-order valence-electron chi connectivity index (χ0n) is 32.9. The smallest absolute Gasteiger partial charge is 0.142 e. The van der Waals surface area contributed by atoms with Gasteiger partial charge in [0.2, 0.25) is 0 Å². The summed E-state index contributed by atoms with van der Waals surface area (Å²) in [4.78, 5) is 2.67. The Bertz CT molecular complexity index is 3040. The summed E-state index contributed by atoms with van der Waals surface area (Å²) in [6.45, 7) is 0. The largest absolute Gasteiger partial charge is 0.459 e. The Hall–Kier alpha value is -6.90. The molecular formula is C57H43NO. The number of hydrogen-bond donors (Lipinski definition) is 0. The predicted octanol–water partition coefficient (Wildman–Crippen LogP) is 14.9. The number of fused-ring (bicyclic) bond motifs is 9. The van der Waals surface area contributed by atoms with Gasteiger partial charge in [0.15, 0.2) is 0 Å². The Balaban J connectivity index is 1.15. The highest BCUT2D eigenvalue weighted by atomic mass is 16.3. The van der Waals surface area contributed by atoms with Gasteiger partial charge in [-0.2, -0.15) is 0 Å². The fraction of sp³-hybridized carbons (Fsp3) is 0.123. The molecule has 282 valence electrons. The molecule has 2 heteroatoms. The van der Waals surface area contributed by atoms with Gasteiger partial charge in [-0.05, 0) is 94.6 Å². The van der Waals surface area contributed by atoms with E-state index in [2.05, 4.69) is 199 Å². The van der Waals surface area contributed by atoms with Crippen LogP contribution in [0.1, 0.15) is 76.3 Å². The van der Waals surface area contributed by atoms with Gasteiger partial charge in [0, 0.05) is 39.1 Å². The summed E-state index contributed by atoms with van der Waals surface area (Å²) in [5.74, 6) is 1.14. The molecule has 7 aromatic carbocycles. The Morgan fingerprint density at radius 3 is 2.08 bits per heavy atom. The van der Waals surface area contributed by atoms with Crippen LogP contribution in [0.15, 0.2) is 198 Å². The van der Waals surface area contributed by atoms with Crippen molar-refractivity contribution in [2.45, 2.75) is 43.4 Å². The van der Waals surface area contributed by atoms with Crippen LogP contribution in [-0.2, 0) is 11.8 Å². The van der Waals surface area contributed by atoms with Crippen LogP contribution in [0.4, 0.5) is 11.4 Å².